The summed E-state index contributed by atoms with van der Waals surface area (Å²) in [5.74, 6) is 2.42. The molecule has 0 atom stereocenters. The van der Waals surface area contributed by atoms with Crippen LogP contribution in [0.3, 0.4) is 0 Å². The quantitative estimate of drug-likeness (QED) is 0.734. The Morgan fingerprint density at radius 3 is 2.67 bits per heavy atom. The number of hydrogen-bond donors (Lipinski definition) is 1. The third-order valence-electron chi connectivity index (χ3n) is 3.96. The molecule has 124 valence electrons. The summed E-state index contributed by atoms with van der Waals surface area (Å²) in [5, 5.41) is 0.904. The van der Waals surface area contributed by atoms with Gasteiger partial charge < -0.3 is 19.4 Å². The molecule has 1 aliphatic heterocycles. The second-order valence-corrected chi connectivity index (χ2v) is 6.83. The second-order valence-electron chi connectivity index (χ2n) is 5.87. The summed E-state index contributed by atoms with van der Waals surface area (Å²) in [6, 6.07) is 12.3. The van der Waals surface area contributed by atoms with Crippen molar-refractivity contribution in [3.8, 4) is 11.5 Å². The van der Waals surface area contributed by atoms with Gasteiger partial charge in [0.1, 0.15) is 13.2 Å². The minimum atomic E-state index is 0.589. The third kappa shape index (κ3) is 2.89. The van der Waals surface area contributed by atoms with Crippen molar-refractivity contribution in [3.63, 3.8) is 0 Å². The van der Waals surface area contributed by atoms with E-state index in [9.17, 15) is 0 Å². The standard InChI is InChI=1S/C18H19N3O2S/c1-21(2)15-6-4-3-5-12(15)11-24-18-19-13-9-16-17(10-14(13)20-18)23-8-7-22-16/h3-6,9-10H,7-8,11H2,1-2H3,(H,19,20). The molecule has 24 heavy (non-hydrogen) atoms. The fraction of sp³-hybridized carbons (Fsp3) is 0.278. The molecule has 2 heterocycles. The van der Waals surface area contributed by atoms with Crippen LogP contribution in [0.1, 0.15) is 5.56 Å². The lowest BCUT2D eigenvalue weighted by Gasteiger charge is -2.17. The molecule has 0 amide bonds. The van der Waals surface area contributed by atoms with E-state index in [0.717, 1.165) is 33.4 Å². The molecule has 0 saturated carbocycles. The summed E-state index contributed by atoms with van der Waals surface area (Å²) >= 11 is 1.70. The van der Waals surface area contributed by atoms with E-state index in [0.29, 0.717) is 13.2 Å². The number of nitrogens with zero attached hydrogens (tertiary/aromatic N) is 2. The molecule has 1 aliphatic rings. The fourth-order valence-electron chi connectivity index (χ4n) is 2.81. The fourth-order valence-corrected chi connectivity index (χ4v) is 3.69. The molecule has 5 nitrogen and oxygen atoms in total. The number of ether oxygens (including phenoxy) is 2. The van der Waals surface area contributed by atoms with Crippen molar-refractivity contribution in [3.05, 3.63) is 42.0 Å². The van der Waals surface area contributed by atoms with Gasteiger partial charge in [0.2, 0.25) is 0 Å². The van der Waals surface area contributed by atoms with Gasteiger partial charge in [-0.15, -0.1) is 0 Å². The van der Waals surface area contributed by atoms with Gasteiger partial charge in [0.05, 0.1) is 11.0 Å². The highest BCUT2D eigenvalue weighted by Crippen LogP contribution is 2.35. The van der Waals surface area contributed by atoms with Crippen LogP contribution in [0.15, 0.2) is 41.6 Å². The van der Waals surface area contributed by atoms with Crippen LogP contribution >= 0.6 is 11.8 Å². The van der Waals surface area contributed by atoms with Crippen molar-refractivity contribution < 1.29 is 9.47 Å². The van der Waals surface area contributed by atoms with E-state index in [4.69, 9.17) is 9.47 Å². The summed E-state index contributed by atoms with van der Waals surface area (Å²) < 4.78 is 11.2. The van der Waals surface area contributed by atoms with Crippen molar-refractivity contribution >= 4 is 28.5 Å². The average molecular weight is 341 g/mol. The number of aromatic amines is 1. The number of H-pyrrole nitrogens is 1. The Labute approximate surface area is 145 Å². The Morgan fingerprint density at radius 1 is 1.12 bits per heavy atom. The zero-order chi connectivity index (χ0) is 16.5. The third-order valence-corrected chi connectivity index (χ3v) is 4.88. The second kappa shape index (κ2) is 6.28. The van der Waals surface area contributed by atoms with Gasteiger partial charge in [0, 0.05) is 37.7 Å². The maximum absolute atomic E-state index is 5.63. The highest BCUT2D eigenvalue weighted by Gasteiger charge is 2.15. The van der Waals surface area contributed by atoms with Crippen LogP contribution in [-0.2, 0) is 5.75 Å². The van der Waals surface area contributed by atoms with Gasteiger partial charge in [-0.2, -0.15) is 0 Å². The number of benzene rings is 2. The first-order valence-electron chi connectivity index (χ1n) is 7.88. The molecule has 1 aromatic heterocycles. The van der Waals surface area contributed by atoms with Gasteiger partial charge in [-0.25, -0.2) is 4.98 Å². The Bertz CT molecular complexity index is 833. The highest BCUT2D eigenvalue weighted by molar-refractivity contribution is 7.98. The number of thioether (sulfide) groups is 1. The molecular formula is C18H19N3O2S. The first-order chi connectivity index (χ1) is 11.7. The van der Waals surface area contributed by atoms with Crippen LogP contribution in [0.5, 0.6) is 11.5 Å². The lowest BCUT2D eigenvalue weighted by Crippen LogP contribution is -2.15. The molecule has 2 aromatic carbocycles. The normalized spacial score (nSPS) is 13.2. The maximum atomic E-state index is 5.63. The average Bonchev–Trinajstić information content (AvgIpc) is 2.99. The lowest BCUT2D eigenvalue weighted by molar-refractivity contribution is 0.172. The molecule has 0 unspecified atom stereocenters. The summed E-state index contributed by atoms with van der Waals surface area (Å²) in [5.41, 5.74) is 4.41. The number of hydrogen-bond acceptors (Lipinski definition) is 5. The van der Waals surface area contributed by atoms with Crippen LogP contribution in [0.2, 0.25) is 0 Å². The smallest absolute Gasteiger partial charge is 0.166 e. The molecule has 4 rings (SSSR count). The molecule has 0 bridgehead atoms. The molecule has 1 N–H and O–H groups in total. The zero-order valence-corrected chi connectivity index (χ0v) is 14.5. The largest absolute Gasteiger partial charge is 0.486 e. The number of imidazole rings is 1. The number of aromatic nitrogens is 2. The number of fused-ring (bicyclic) bond motifs is 2. The molecule has 0 radical (unpaired) electrons. The number of para-hydroxylation sites is 1. The number of anilines is 1. The van der Waals surface area contributed by atoms with Gasteiger partial charge in [-0.1, -0.05) is 30.0 Å². The van der Waals surface area contributed by atoms with E-state index in [-0.39, 0.29) is 0 Å². The minimum Gasteiger partial charge on any atom is -0.486 e. The van der Waals surface area contributed by atoms with E-state index in [1.54, 1.807) is 11.8 Å². The van der Waals surface area contributed by atoms with Gasteiger partial charge >= 0.3 is 0 Å². The van der Waals surface area contributed by atoms with Crippen LogP contribution < -0.4 is 14.4 Å². The minimum absolute atomic E-state index is 0.589. The molecule has 0 fully saturated rings. The van der Waals surface area contributed by atoms with E-state index in [2.05, 4.69) is 53.2 Å². The van der Waals surface area contributed by atoms with Gasteiger partial charge in [-0.05, 0) is 11.6 Å². The molecule has 0 saturated heterocycles. The van der Waals surface area contributed by atoms with Crippen molar-refractivity contribution in [2.45, 2.75) is 10.9 Å². The summed E-state index contributed by atoms with van der Waals surface area (Å²) in [4.78, 5) is 10.2. The SMILES string of the molecule is CN(C)c1ccccc1CSc1nc2cc3c(cc2[nH]1)OCCO3. The van der Waals surface area contributed by atoms with E-state index in [1.165, 1.54) is 11.3 Å². The molecule has 6 heteroatoms. The Kier molecular flexibility index (Phi) is 3.98. The van der Waals surface area contributed by atoms with Crippen molar-refractivity contribution in [2.75, 3.05) is 32.2 Å². The summed E-state index contributed by atoms with van der Waals surface area (Å²) in [6.07, 6.45) is 0. The predicted octanol–water partition coefficient (Wildman–Crippen LogP) is 3.69. The molecular weight excluding hydrogens is 322 g/mol. The van der Waals surface area contributed by atoms with Crippen LogP contribution in [0.4, 0.5) is 5.69 Å². The summed E-state index contributed by atoms with van der Waals surface area (Å²) in [6.45, 7) is 1.18. The molecule has 3 aromatic rings. The van der Waals surface area contributed by atoms with Crippen LogP contribution in [-0.4, -0.2) is 37.3 Å². The van der Waals surface area contributed by atoms with Gasteiger partial charge in [-0.3, -0.25) is 0 Å². The Balaban J connectivity index is 1.57. The highest BCUT2D eigenvalue weighted by atomic mass is 32.2. The van der Waals surface area contributed by atoms with E-state index >= 15 is 0 Å². The van der Waals surface area contributed by atoms with E-state index < -0.39 is 0 Å². The maximum Gasteiger partial charge on any atom is 0.166 e. The predicted molar refractivity (Wildman–Crippen MR) is 97.4 cm³/mol. The Hall–Kier alpha value is -2.34. The topological polar surface area (TPSA) is 50.4 Å². The zero-order valence-electron chi connectivity index (χ0n) is 13.7. The molecule has 0 spiro atoms. The molecule has 0 aliphatic carbocycles. The van der Waals surface area contributed by atoms with Crippen molar-refractivity contribution in [2.24, 2.45) is 0 Å². The van der Waals surface area contributed by atoms with Crippen LogP contribution in [0.25, 0.3) is 11.0 Å². The van der Waals surface area contributed by atoms with Gasteiger partial charge in [0.25, 0.3) is 0 Å². The first-order valence-corrected chi connectivity index (χ1v) is 8.86. The van der Waals surface area contributed by atoms with Gasteiger partial charge in [0.15, 0.2) is 16.7 Å². The van der Waals surface area contributed by atoms with Crippen molar-refractivity contribution in [1.29, 1.82) is 0 Å². The summed E-state index contributed by atoms with van der Waals surface area (Å²) in [7, 11) is 4.13. The first kappa shape index (κ1) is 15.2. The number of rotatable bonds is 4. The Morgan fingerprint density at radius 2 is 1.88 bits per heavy atom. The monoisotopic (exact) mass is 341 g/mol. The van der Waals surface area contributed by atoms with Crippen molar-refractivity contribution in [1.82, 2.24) is 9.97 Å². The van der Waals surface area contributed by atoms with E-state index in [1.807, 2.05) is 12.1 Å². The van der Waals surface area contributed by atoms with Crippen LogP contribution in [0, 0.1) is 0 Å². The lowest BCUT2D eigenvalue weighted by atomic mass is 10.2. The number of nitrogens with one attached hydrogen (secondary N) is 1.